The normalized spacial score (nSPS) is 24.4. The smallest absolute Gasteiger partial charge is 0.353 e. The van der Waals surface area contributed by atoms with Gasteiger partial charge in [0.05, 0.1) is 24.2 Å². The number of fused-ring (bicyclic) bond motifs is 1. The summed E-state index contributed by atoms with van der Waals surface area (Å²) in [5, 5.41) is 40.3. The van der Waals surface area contributed by atoms with Crippen LogP contribution in [-0.4, -0.2) is 68.1 Å². The summed E-state index contributed by atoms with van der Waals surface area (Å²) in [4.78, 5) is 26.8. The summed E-state index contributed by atoms with van der Waals surface area (Å²) < 4.78 is 22.1. The Balaban J connectivity index is 1.43. The van der Waals surface area contributed by atoms with E-state index in [2.05, 4.69) is 4.98 Å². The highest BCUT2D eigenvalue weighted by atomic mass is 16.7. The number of aliphatic hydroxyl groups is 3. The zero-order valence-electron chi connectivity index (χ0n) is 16.0. The molecule has 0 amide bonds. The average molecular weight is 437 g/mol. The van der Waals surface area contributed by atoms with Crippen molar-refractivity contribution in [2.45, 2.75) is 31.0 Å². The Bertz CT molecular complexity index is 1040. The molecule has 2 aliphatic rings. The molecule has 13 heteroatoms. The van der Waals surface area contributed by atoms with Crippen LogP contribution in [0, 0.1) is 10.1 Å². The number of aliphatic hydroxyl groups excluding tert-OH is 3. The van der Waals surface area contributed by atoms with Gasteiger partial charge < -0.3 is 34.3 Å². The summed E-state index contributed by atoms with van der Waals surface area (Å²) in [5.74, 6) is 0.669. The number of nitro benzene ring substituents is 1. The number of nitrogens with zero attached hydrogens (tertiary/aromatic N) is 3. The quantitative estimate of drug-likeness (QED) is 0.362. The van der Waals surface area contributed by atoms with Crippen molar-refractivity contribution < 1.29 is 39.2 Å². The molecule has 3 N–H and O–H groups in total. The van der Waals surface area contributed by atoms with E-state index in [0.29, 0.717) is 17.1 Å². The van der Waals surface area contributed by atoms with E-state index in [1.165, 1.54) is 24.4 Å². The first-order chi connectivity index (χ1) is 14.9. The maximum Gasteiger partial charge on any atom is 0.353 e. The third-order valence-corrected chi connectivity index (χ3v) is 4.99. The van der Waals surface area contributed by atoms with Crippen LogP contribution in [0.5, 0.6) is 17.4 Å². The van der Waals surface area contributed by atoms with Crippen LogP contribution in [-0.2, 0) is 11.2 Å². The van der Waals surface area contributed by atoms with Crippen LogP contribution >= 0.6 is 0 Å². The lowest BCUT2D eigenvalue weighted by Crippen LogP contribution is -2.36. The topological polar surface area (TPSA) is 176 Å². The molecular weight excluding hydrogens is 418 g/mol. The van der Waals surface area contributed by atoms with Crippen molar-refractivity contribution in [1.29, 1.82) is 0 Å². The van der Waals surface area contributed by atoms with Crippen LogP contribution < -0.4 is 19.9 Å². The molecule has 166 valence electrons. The molecule has 0 radical (unpaired) electrons. The number of hydrogen-bond donors (Lipinski definition) is 3. The Morgan fingerprint density at radius 1 is 1.26 bits per heavy atom. The van der Waals surface area contributed by atoms with Gasteiger partial charge >= 0.3 is 5.69 Å². The highest BCUT2D eigenvalue weighted by Gasteiger charge is 2.43. The number of aromatic nitrogens is 2. The van der Waals surface area contributed by atoms with Crippen LogP contribution in [0.3, 0.4) is 0 Å². The van der Waals surface area contributed by atoms with Gasteiger partial charge in [0.15, 0.2) is 17.7 Å². The number of rotatable bonds is 7. The van der Waals surface area contributed by atoms with Crippen LogP contribution in [0.4, 0.5) is 5.69 Å². The van der Waals surface area contributed by atoms with E-state index in [4.69, 9.17) is 24.1 Å². The number of ether oxygens (including phenoxy) is 4. The molecule has 0 aliphatic carbocycles. The van der Waals surface area contributed by atoms with E-state index in [-0.39, 0.29) is 31.4 Å². The van der Waals surface area contributed by atoms with Gasteiger partial charge in [0.25, 0.3) is 5.69 Å². The lowest BCUT2D eigenvalue weighted by molar-refractivity contribution is -0.385. The lowest BCUT2D eigenvalue weighted by atomic mass is 10.1. The van der Waals surface area contributed by atoms with Crippen molar-refractivity contribution in [3.8, 4) is 17.4 Å². The van der Waals surface area contributed by atoms with Gasteiger partial charge in [-0.3, -0.25) is 14.7 Å². The molecule has 0 bridgehead atoms. The van der Waals surface area contributed by atoms with Gasteiger partial charge in [0.2, 0.25) is 12.7 Å². The van der Waals surface area contributed by atoms with Gasteiger partial charge in [-0.1, -0.05) is 0 Å². The molecule has 1 aromatic carbocycles. The third kappa shape index (κ3) is 4.03. The molecule has 1 fully saturated rings. The second-order valence-corrected chi connectivity index (χ2v) is 6.87. The standard InChI is InChI=1S/C18H19N3O10/c22-7-13-15(23)16(24)17(31-13)20-3-1-14(19-18(20)25)28-4-2-9-5-11-12(30-8-29-11)6-10(9)21(26)27/h1,3,5-6,13,15-17,22-24H,2,4,7-8H2/t13-,15-,16-,17-/m1/s1. The Kier molecular flexibility index (Phi) is 5.73. The first-order valence-corrected chi connectivity index (χ1v) is 9.30. The molecule has 0 spiro atoms. The predicted octanol–water partition coefficient (Wildman–Crippen LogP) is -0.887. The molecule has 0 saturated carbocycles. The van der Waals surface area contributed by atoms with Crippen LogP contribution in [0.25, 0.3) is 0 Å². The second-order valence-electron chi connectivity index (χ2n) is 6.87. The number of hydrogen-bond acceptors (Lipinski definition) is 11. The van der Waals surface area contributed by atoms with E-state index >= 15 is 0 Å². The Hall–Kier alpha value is -3.26. The van der Waals surface area contributed by atoms with E-state index in [0.717, 1.165) is 4.57 Å². The van der Waals surface area contributed by atoms with E-state index in [1.54, 1.807) is 0 Å². The molecule has 2 aliphatic heterocycles. The van der Waals surface area contributed by atoms with Crippen molar-refractivity contribution in [2.24, 2.45) is 0 Å². The maximum absolute atomic E-state index is 12.3. The van der Waals surface area contributed by atoms with Gasteiger partial charge in [0, 0.05) is 24.2 Å². The first-order valence-electron chi connectivity index (χ1n) is 9.30. The van der Waals surface area contributed by atoms with Gasteiger partial charge in [-0.2, -0.15) is 4.98 Å². The highest BCUT2D eigenvalue weighted by Crippen LogP contribution is 2.38. The van der Waals surface area contributed by atoms with Crippen molar-refractivity contribution >= 4 is 5.69 Å². The minimum Gasteiger partial charge on any atom is -0.477 e. The van der Waals surface area contributed by atoms with Gasteiger partial charge in [-0.05, 0) is 6.07 Å². The van der Waals surface area contributed by atoms with Crippen molar-refractivity contribution in [1.82, 2.24) is 9.55 Å². The number of nitro groups is 1. The molecule has 1 saturated heterocycles. The molecule has 2 aromatic rings. The summed E-state index contributed by atoms with van der Waals surface area (Å²) in [6.07, 6.45) is -3.59. The molecule has 31 heavy (non-hydrogen) atoms. The van der Waals surface area contributed by atoms with Gasteiger partial charge in [-0.25, -0.2) is 4.79 Å². The van der Waals surface area contributed by atoms with Crippen LogP contribution in [0.15, 0.2) is 29.2 Å². The lowest BCUT2D eigenvalue weighted by Gasteiger charge is -2.17. The van der Waals surface area contributed by atoms with Gasteiger partial charge in [-0.15, -0.1) is 0 Å². The highest BCUT2D eigenvalue weighted by molar-refractivity contribution is 5.55. The first kappa shape index (κ1) is 21.0. The van der Waals surface area contributed by atoms with Crippen LogP contribution in [0.2, 0.25) is 0 Å². The van der Waals surface area contributed by atoms with Crippen molar-refractivity contribution in [3.63, 3.8) is 0 Å². The second kappa shape index (κ2) is 8.47. The summed E-state index contributed by atoms with van der Waals surface area (Å²) in [7, 11) is 0. The van der Waals surface area contributed by atoms with E-state index in [1.807, 2.05) is 0 Å². The fraction of sp³-hybridized carbons (Fsp3) is 0.444. The zero-order valence-corrected chi connectivity index (χ0v) is 16.0. The summed E-state index contributed by atoms with van der Waals surface area (Å²) in [5.41, 5.74) is -0.573. The third-order valence-electron chi connectivity index (χ3n) is 4.99. The van der Waals surface area contributed by atoms with E-state index < -0.39 is 41.8 Å². The minimum atomic E-state index is -1.42. The molecule has 13 nitrogen and oxygen atoms in total. The molecule has 4 rings (SSSR count). The maximum atomic E-state index is 12.3. The number of benzene rings is 1. The largest absolute Gasteiger partial charge is 0.477 e. The SMILES string of the molecule is O=c1nc(OCCc2cc3c(cc2[N+](=O)[O-])OCO3)ccn1[C@@H]1O[C@H](CO)[C@@H](O)[C@H]1O. The molecule has 3 heterocycles. The summed E-state index contributed by atoms with van der Waals surface area (Å²) in [6.45, 7) is -0.545. The molecular formula is C18H19N3O10. The Morgan fingerprint density at radius 3 is 2.65 bits per heavy atom. The Labute approximate surface area is 174 Å². The van der Waals surface area contributed by atoms with E-state index in [9.17, 15) is 25.1 Å². The van der Waals surface area contributed by atoms with Crippen LogP contribution in [0.1, 0.15) is 11.8 Å². The predicted molar refractivity (Wildman–Crippen MR) is 99.9 cm³/mol. The molecule has 4 atom stereocenters. The summed E-state index contributed by atoms with van der Waals surface area (Å²) >= 11 is 0. The zero-order chi connectivity index (χ0) is 22.1. The Morgan fingerprint density at radius 2 is 2.00 bits per heavy atom. The molecule has 0 unspecified atom stereocenters. The van der Waals surface area contributed by atoms with Gasteiger partial charge in [0.1, 0.15) is 18.3 Å². The fourth-order valence-electron chi connectivity index (χ4n) is 3.39. The average Bonchev–Trinajstić information content (AvgIpc) is 3.32. The fourth-order valence-corrected chi connectivity index (χ4v) is 3.39. The minimum absolute atomic E-state index is 0.00914. The van der Waals surface area contributed by atoms with Crippen molar-refractivity contribution in [2.75, 3.05) is 20.0 Å². The monoisotopic (exact) mass is 437 g/mol. The summed E-state index contributed by atoms with van der Waals surface area (Å²) in [6, 6.07) is 4.15. The molecule has 1 aromatic heterocycles. The van der Waals surface area contributed by atoms with Crippen molar-refractivity contribution in [3.05, 3.63) is 50.6 Å².